The van der Waals surface area contributed by atoms with Crippen LogP contribution in [-0.4, -0.2) is 46.0 Å². The molecular weight excluding hydrogens is 582 g/mol. The van der Waals surface area contributed by atoms with E-state index in [2.05, 4.69) is 71.0 Å². The fraction of sp³-hybridized carbons (Fsp3) is 0.303. The van der Waals surface area contributed by atoms with E-state index in [1.807, 2.05) is 61.9 Å². The molecule has 1 N–H and O–H groups in total. The number of aliphatic imine (C=N–C) groups is 1. The molecule has 0 atom stereocenters. The Labute approximate surface area is 250 Å². The van der Waals surface area contributed by atoms with Gasteiger partial charge in [0.2, 0.25) is 0 Å². The molecule has 1 heterocycles. The van der Waals surface area contributed by atoms with Crippen molar-refractivity contribution in [3.63, 3.8) is 0 Å². The first-order chi connectivity index (χ1) is 19.3. The van der Waals surface area contributed by atoms with E-state index in [1.54, 1.807) is 11.3 Å². The van der Waals surface area contributed by atoms with Crippen LogP contribution in [-0.2, 0) is 19.4 Å². The number of aliphatic hydroxyl groups is 1. The molecule has 40 heavy (non-hydrogen) atoms. The zero-order valence-electron chi connectivity index (χ0n) is 23.9. The monoisotopic (exact) mass is 619 g/mol. The molecule has 0 aliphatic carbocycles. The van der Waals surface area contributed by atoms with E-state index in [-0.39, 0.29) is 12.4 Å². The van der Waals surface area contributed by atoms with Crippen molar-refractivity contribution < 1.29 is 9.90 Å². The molecule has 210 valence electrons. The smallest absolute Gasteiger partial charge is 0.173 e. The third-order valence-electron chi connectivity index (χ3n) is 6.68. The molecule has 0 amide bonds. The quantitative estimate of drug-likeness (QED) is 0.0846. The van der Waals surface area contributed by atoms with Gasteiger partial charge in [-0.2, -0.15) is 0 Å². The Balaban J connectivity index is 0.000000307. The predicted molar refractivity (Wildman–Crippen MR) is 173 cm³/mol. The number of halogens is 1. The molecule has 0 saturated heterocycles. The lowest BCUT2D eigenvalue weighted by Crippen LogP contribution is -2.14. The van der Waals surface area contributed by atoms with E-state index in [9.17, 15) is 9.90 Å². The van der Waals surface area contributed by atoms with Gasteiger partial charge in [0.1, 0.15) is 0 Å². The second kappa shape index (κ2) is 15.6. The normalized spacial score (nSPS) is 10.9. The van der Waals surface area contributed by atoms with E-state index in [4.69, 9.17) is 4.98 Å². The first-order valence-corrected chi connectivity index (χ1v) is 15.4. The van der Waals surface area contributed by atoms with Gasteiger partial charge in [-0.15, -0.1) is 11.3 Å². The van der Waals surface area contributed by atoms with Crippen LogP contribution in [0, 0.1) is 13.8 Å². The van der Waals surface area contributed by atoms with Gasteiger partial charge in [0.15, 0.2) is 5.78 Å². The summed E-state index contributed by atoms with van der Waals surface area (Å²) < 4.78 is 0. The molecule has 7 heteroatoms. The number of alkyl halides is 1. The number of carbonyl (C=O) groups is 1. The summed E-state index contributed by atoms with van der Waals surface area (Å²) in [5.74, 6) is 0.137. The van der Waals surface area contributed by atoms with Gasteiger partial charge in [-0.05, 0) is 61.1 Å². The van der Waals surface area contributed by atoms with Crippen molar-refractivity contribution in [2.45, 2.75) is 47.1 Å². The number of Topliss-reactive ketones (excluding diaryl/α,β-unsaturated/α-hetero) is 1. The lowest BCUT2D eigenvalue weighted by Gasteiger charge is -2.11. The van der Waals surface area contributed by atoms with Crippen LogP contribution in [0.4, 0.5) is 5.69 Å². The van der Waals surface area contributed by atoms with Crippen LogP contribution in [0.15, 0.2) is 71.0 Å². The summed E-state index contributed by atoms with van der Waals surface area (Å²) in [5, 5.41) is 12.8. The summed E-state index contributed by atoms with van der Waals surface area (Å²) in [6, 6.07) is 20.0. The third-order valence-corrected chi connectivity index (χ3v) is 8.04. The van der Waals surface area contributed by atoms with Gasteiger partial charge >= 0.3 is 0 Å². The number of benzene rings is 3. The maximum Gasteiger partial charge on any atom is 0.173 e. The first-order valence-electron chi connectivity index (χ1n) is 13.4. The summed E-state index contributed by atoms with van der Waals surface area (Å²) >= 11 is 4.83. The van der Waals surface area contributed by atoms with Crippen molar-refractivity contribution in [2.24, 2.45) is 4.99 Å². The highest BCUT2D eigenvalue weighted by Crippen LogP contribution is 2.28. The van der Waals surface area contributed by atoms with Gasteiger partial charge in [0, 0.05) is 36.5 Å². The molecule has 0 aliphatic heterocycles. The number of aromatic nitrogens is 1. The van der Waals surface area contributed by atoms with E-state index in [0.29, 0.717) is 5.33 Å². The Morgan fingerprint density at radius 1 is 1.02 bits per heavy atom. The van der Waals surface area contributed by atoms with E-state index >= 15 is 0 Å². The van der Waals surface area contributed by atoms with Crippen molar-refractivity contribution in [1.82, 2.24) is 9.88 Å². The first kappa shape index (κ1) is 31.4. The Hall–Kier alpha value is -3.13. The van der Waals surface area contributed by atoms with Crippen LogP contribution in [0.2, 0.25) is 0 Å². The highest BCUT2D eigenvalue weighted by Gasteiger charge is 2.10. The standard InChI is InChI=1S/C23H27N3OS.C10H11BrO/c1-5-26(4)15-24-21-11-16(2)20(10-17(21)3)12-23-25-22(14-28-23)19-8-6-18(13-27)7-9-19;1-2-8-3-5-9(6-4-8)10(12)7-11/h6-11,14-15,27H,5,12-13H2,1-4H3;3-6H,2,7H2,1H3. The molecule has 0 radical (unpaired) electrons. The molecule has 4 aromatic rings. The maximum atomic E-state index is 11.2. The van der Waals surface area contributed by atoms with E-state index in [0.717, 1.165) is 52.5 Å². The number of aliphatic hydroxyl groups excluding tert-OH is 1. The molecule has 5 nitrogen and oxygen atoms in total. The number of rotatable bonds is 10. The van der Waals surface area contributed by atoms with Crippen molar-refractivity contribution in [3.8, 4) is 11.3 Å². The molecule has 1 aromatic heterocycles. The van der Waals surface area contributed by atoms with Crippen molar-refractivity contribution in [3.05, 3.63) is 104 Å². The largest absolute Gasteiger partial charge is 0.392 e. The number of aryl methyl sites for hydroxylation is 3. The molecule has 0 fully saturated rings. The fourth-order valence-corrected chi connectivity index (χ4v) is 5.05. The average molecular weight is 621 g/mol. The third kappa shape index (κ3) is 8.95. The Morgan fingerprint density at radius 3 is 2.30 bits per heavy atom. The number of hydrogen-bond donors (Lipinski definition) is 1. The van der Waals surface area contributed by atoms with Crippen molar-refractivity contribution in [1.29, 1.82) is 0 Å². The maximum absolute atomic E-state index is 11.2. The molecule has 0 spiro atoms. The van der Waals surface area contributed by atoms with Crippen LogP contribution >= 0.6 is 27.3 Å². The molecule has 3 aromatic carbocycles. The minimum Gasteiger partial charge on any atom is -0.392 e. The Kier molecular flexibility index (Phi) is 12.2. The van der Waals surface area contributed by atoms with Gasteiger partial charge in [-0.1, -0.05) is 77.5 Å². The molecule has 0 unspecified atom stereocenters. The minimum atomic E-state index is 0.0655. The van der Waals surface area contributed by atoms with Crippen LogP contribution < -0.4 is 0 Å². The SMILES string of the molecule is CCN(C)C=Nc1cc(C)c(Cc2nc(-c3ccc(CO)cc3)cs2)cc1C.CCc1ccc(C(=O)CBr)cc1. The van der Waals surface area contributed by atoms with E-state index in [1.165, 1.54) is 22.3 Å². The number of hydrogen-bond acceptors (Lipinski definition) is 5. The van der Waals surface area contributed by atoms with Gasteiger partial charge in [-0.3, -0.25) is 4.79 Å². The van der Waals surface area contributed by atoms with Gasteiger partial charge < -0.3 is 10.0 Å². The Morgan fingerprint density at radius 2 is 1.70 bits per heavy atom. The fourth-order valence-electron chi connectivity index (χ4n) is 3.90. The predicted octanol–water partition coefficient (Wildman–Crippen LogP) is 7.95. The second-order valence-corrected chi connectivity index (χ2v) is 11.2. The number of ketones is 1. The zero-order chi connectivity index (χ0) is 29.1. The van der Waals surface area contributed by atoms with Crippen LogP contribution in [0.1, 0.15) is 57.0 Å². The zero-order valence-corrected chi connectivity index (χ0v) is 26.3. The number of carbonyl (C=O) groups excluding carboxylic acids is 1. The molecule has 0 saturated carbocycles. The highest BCUT2D eigenvalue weighted by molar-refractivity contribution is 9.09. The van der Waals surface area contributed by atoms with Crippen LogP contribution in [0.3, 0.4) is 0 Å². The summed E-state index contributed by atoms with van der Waals surface area (Å²) in [5.41, 5.74) is 9.75. The topological polar surface area (TPSA) is 65.8 Å². The molecule has 4 rings (SSSR count). The number of nitrogens with zero attached hydrogens (tertiary/aromatic N) is 3. The van der Waals surface area contributed by atoms with Crippen LogP contribution in [0.5, 0.6) is 0 Å². The Bertz CT molecular complexity index is 1410. The average Bonchev–Trinajstić information content (AvgIpc) is 3.46. The molecular formula is C33H38BrN3O2S. The summed E-state index contributed by atoms with van der Waals surface area (Å²) in [6.45, 7) is 9.46. The van der Waals surface area contributed by atoms with Crippen molar-refractivity contribution >= 4 is 45.1 Å². The lowest BCUT2D eigenvalue weighted by molar-refractivity contribution is 0.102. The number of thiazole rings is 1. The van der Waals surface area contributed by atoms with Gasteiger partial charge in [0.05, 0.1) is 34.7 Å². The second-order valence-electron chi connectivity index (χ2n) is 9.65. The van der Waals surface area contributed by atoms with Crippen LogP contribution in [0.25, 0.3) is 11.3 Å². The molecule has 0 aliphatic rings. The highest BCUT2D eigenvalue weighted by atomic mass is 79.9. The summed E-state index contributed by atoms with van der Waals surface area (Å²) in [4.78, 5) is 22.7. The minimum absolute atomic E-state index is 0.0655. The summed E-state index contributed by atoms with van der Waals surface area (Å²) in [6.07, 6.45) is 3.73. The van der Waals surface area contributed by atoms with Gasteiger partial charge in [0.25, 0.3) is 0 Å². The molecule has 0 bridgehead atoms. The summed E-state index contributed by atoms with van der Waals surface area (Å²) in [7, 11) is 2.03. The van der Waals surface area contributed by atoms with Crippen molar-refractivity contribution in [2.75, 3.05) is 18.9 Å². The van der Waals surface area contributed by atoms with Gasteiger partial charge in [-0.25, -0.2) is 9.98 Å². The van der Waals surface area contributed by atoms with E-state index < -0.39 is 0 Å². The lowest BCUT2D eigenvalue weighted by atomic mass is 10.0.